The number of aliphatic hydroxyl groups is 1. The molecule has 19 heavy (non-hydrogen) atoms. The van der Waals surface area contributed by atoms with E-state index in [1.165, 1.54) is 16.9 Å². The Kier molecular flexibility index (Phi) is 4.74. The molecule has 0 aliphatic carbocycles. The molecule has 3 nitrogen and oxygen atoms in total. The van der Waals surface area contributed by atoms with E-state index in [-0.39, 0.29) is 12.5 Å². The molecule has 0 aromatic carbocycles. The van der Waals surface area contributed by atoms with Crippen molar-refractivity contribution in [3.05, 3.63) is 43.8 Å². The largest absolute Gasteiger partial charge is 0.384 e. The molecule has 0 saturated carbocycles. The third-order valence-corrected chi connectivity index (χ3v) is 4.43. The van der Waals surface area contributed by atoms with Gasteiger partial charge in [-0.05, 0) is 40.9 Å². The van der Waals surface area contributed by atoms with Crippen LogP contribution >= 0.6 is 22.7 Å². The molecule has 5 heteroatoms. The van der Waals surface area contributed by atoms with Crippen molar-refractivity contribution in [1.82, 2.24) is 5.32 Å². The summed E-state index contributed by atoms with van der Waals surface area (Å²) < 4.78 is 0. The molecule has 98 valence electrons. The maximum absolute atomic E-state index is 11.9. The number of aliphatic hydroxyl groups excluding tert-OH is 1. The van der Waals surface area contributed by atoms with E-state index in [0.717, 1.165) is 10.4 Å². The molecule has 2 N–H and O–H groups in total. The van der Waals surface area contributed by atoms with Gasteiger partial charge in [-0.15, -0.1) is 11.3 Å². The number of amides is 1. The van der Waals surface area contributed by atoms with Crippen molar-refractivity contribution in [3.63, 3.8) is 0 Å². The zero-order valence-corrected chi connectivity index (χ0v) is 12.0. The van der Waals surface area contributed by atoms with Crippen LogP contribution in [0.1, 0.15) is 25.7 Å². The van der Waals surface area contributed by atoms with Crippen LogP contribution in [-0.4, -0.2) is 17.6 Å². The number of carbonyl (C=O) groups excluding carboxylic acids is 1. The minimum absolute atomic E-state index is 0.0901. The zero-order valence-electron chi connectivity index (χ0n) is 10.4. The smallest absolute Gasteiger partial charge is 0.261 e. The molecule has 1 amide bonds. The first-order valence-electron chi connectivity index (χ1n) is 5.70. The lowest BCUT2D eigenvalue weighted by atomic mass is 10.2. The SMILES string of the molecule is Cc1cscc1CNC(=O)c1ccc(C#CCO)s1. The standard InChI is InChI=1S/C14H13NO2S2/c1-10-8-18-9-11(10)7-15-14(17)13-5-4-12(19-13)3-2-6-16/h4-5,8-9,16H,6-7H2,1H3,(H,15,17). The van der Waals surface area contributed by atoms with Crippen molar-refractivity contribution in [2.24, 2.45) is 0 Å². The number of thiophene rings is 2. The number of nitrogens with one attached hydrogen (secondary N) is 1. The lowest BCUT2D eigenvalue weighted by molar-refractivity contribution is 0.0955. The molecule has 0 unspecified atom stereocenters. The second-order valence-electron chi connectivity index (χ2n) is 3.89. The van der Waals surface area contributed by atoms with Crippen LogP contribution < -0.4 is 5.32 Å². The van der Waals surface area contributed by atoms with E-state index in [1.54, 1.807) is 23.5 Å². The highest BCUT2D eigenvalue weighted by molar-refractivity contribution is 7.14. The summed E-state index contributed by atoms with van der Waals surface area (Å²) >= 11 is 2.96. The molecule has 2 aromatic rings. The highest BCUT2D eigenvalue weighted by Crippen LogP contribution is 2.16. The van der Waals surface area contributed by atoms with E-state index in [0.29, 0.717) is 11.4 Å². The van der Waals surface area contributed by atoms with Gasteiger partial charge in [0.1, 0.15) is 6.61 Å². The summed E-state index contributed by atoms with van der Waals surface area (Å²) in [5.41, 5.74) is 2.35. The van der Waals surface area contributed by atoms with Crippen molar-refractivity contribution in [1.29, 1.82) is 0 Å². The first-order chi connectivity index (χ1) is 9.20. The molecule has 0 aliphatic heterocycles. The Bertz CT molecular complexity index is 631. The van der Waals surface area contributed by atoms with Gasteiger partial charge in [-0.1, -0.05) is 11.8 Å². The van der Waals surface area contributed by atoms with Crippen molar-refractivity contribution >= 4 is 28.6 Å². The quantitative estimate of drug-likeness (QED) is 0.853. The maximum atomic E-state index is 11.9. The summed E-state index contributed by atoms with van der Waals surface area (Å²) in [5.74, 6) is 5.26. The second kappa shape index (κ2) is 6.53. The number of carbonyl (C=O) groups is 1. The Labute approximate surface area is 119 Å². The van der Waals surface area contributed by atoms with Crippen LogP contribution in [-0.2, 0) is 6.54 Å². The Morgan fingerprint density at radius 3 is 2.95 bits per heavy atom. The van der Waals surface area contributed by atoms with Gasteiger partial charge in [0.25, 0.3) is 5.91 Å². The van der Waals surface area contributed by atoms with E-state index >= 15 is 0 Å². The van der Waals surface area contributed by atoms with Gasteiger partial charge in [0, 0.05) is 6.54 Å². The fourth-order valence-electron chi connectivity index (χ4n) is 1.48. The van der Waals surface area contributed by atoms with Crippen LogP contribution in [0.2, 0.25) is 0 Å². The summed E-state index contributed by atoms with van der Waals surface area (Å²) in [4.78, 5) is 13.4. The number of hydrogen-bond donors (Lipinski definition) is 2. The van der Waals surface area contributed by atoms with Crippen LogP contribution in [0.5, 0.6) is 0 Å². The minimum Gasteiger partial charge on any atom is -0.384 e. The molecule has 2 aromatic heterocycles. The van der Waals surface area contributed by atoms with Gasteiger partial charge < -0.3 is 10.4 Å². The summed E-state index contributed by atoms with van der Waals surface area (Å²) in [5, 5.41) is 15.6. The Morgan fingerprint density at radius 1 is 1.42 bits per heavy atom. The Hall–Kier alpha value is -1.61. The van der Waals surface area contributed by atoms with Gasteiger partial charge in [-0.2, -0.15) is 11.3 Å². The average molecular weight is 291 g/mol. The van der Waals surface area contributed by atoms with Crippen molar-refractivity contribution < 1.29 is 9.90 Å². The second-order valence-corrected chi connectivity index (χ2v) is 5.71. The van der Waals surface area contributed by atoms with Crippen molar-refractivity contribution in [3.8, 4) is 11.8 Å². The van der Waals surface area contributed by atoms with Gasteiger partial charge in [0.2, 0.25) is 0 Å². The molecule has 0 radical (unpaired) electrons. The molecule has 0 fully saturated rings. The highest BCUT2D eigenvalue weighted by Gasteiger charge is 2.09. The number of aryl methyl sites for hydroxylation is 1. The zero-order chi connectivity index (χ0) is 13.7. The van der Waals surface area contributed by atoms with Crippen LogP contribution in [0.4, 0.5) is 0 Å². The first kappa shape index (κ1) is 13.8. The molecule has 2 rings (SSSR count). The molecule has 2 heterocycles. The Balaban J connectivity index is 1.96. The van der Waals surface area contributed by atoms with Gasteiger partial charge >= 0.3 is 0 Å². The third kappa shape index (κ3) is 3.67. The topological polar surface area (TPSA) is 49.3 Å². The minimum atomic E-state index is -0.170. The van der Waals surface area contributed by atoms with E-state index in [4.69, 9.17) is 5.11 Å². The third-order valence-electron chi connectivity index (χ3n) is 2.52. The van der Waals surface area contributed by atoms with Crippen LogP contribution in [0, 0.1) is 18.8 Å². The highest BCUT2D eigenvalue weighted by atomic mass is 32.1. The lowest BCUT2D eigenvalue weighted by Crippen LogP contribution is -2.21. The molecule has 0 bridgehead atoms. The molecule has 0 aliphatic rings. The number of rotatable bonds is 3. The molecule has 0 atom stereocenters. The monoisotopic (exact) mass is 291 g/mol. The fraction of sp³-hybridized carbons (Fsp3) is 0.214. The fourth-order valence-corrected chi connectivity index (χ4v) is 3.14. The van der Waals surface area contributed by atoms with E-state index in [2.05, 4.69) is 22.5 Å². The molecular formula is C14H13NO2S2. The van der Waals surface area contributed by atoms with Gasteiger partial charge in [0.05, 0.1) is 9.75 Å². The first-order valence-corrected chi connectivity index (χ1v) is 7.46. The molecule has 0 saturated heterocycles. The maximum Gasteiger partial charge on any atom is 0.261 e. The van der Waals surface area contributed by atoms with E-state index in [1.807, 2.05) is 12.3 Å². The summed E-state index contributed by atoms with van der Waals surface area (Å²) in [6.07, 6.45) is 0. The van der Waals surface area contributed by atoms with Gasteiger partial charge in [0.15, 0.2) is 0 Å². The van der Waals surface area contributed by atoms with Crippen molar-refractivity contribution in [2.45, 2.75) is 13.5 Å². The van der Waals surface area contributed by atoms with E-state index < -0.39 is 0 Å². The van der Waals surface area contributed by atoms with Crippen molar-refractivity contribution in [2.75, 3.05) is 6.61 Å². The number of hydrogen-bond acceptors (Lipinski definition) is 4. The summed E-state index contributed by atoms with van der Waals surface area (Å²) in [6, 6.07) is 3.54. The lowest BCUT2D eigenvalue weighted by Gasteiger charge is -2.02. The predicted octanol–water partition coefficient (Wildman–Crippen LogP) is 2.39. The van der Waals surface area contributed by atoms with Gasteiger partial charge in [-0.3, -0.25) is 4.79 Å². The van der Waals surface area contributed by atoms with Crippen LogP contribution in [0.15, 0.2) is 22.9 Å². The summed E-state index contributed by atoms with van der Waals surface area (Å²) in [6.45, 7) is 2.41. The van der Waals surface area contributed by atoms with Crippen LogP contribution in [0.3, 0.4) is 0 Å². The molecule has 0 spiro atoms. The predicted molar refractivity (Wildman–Crippen MR) is 78.5 cm³/mol. The normalized spacial score (nSPS) is 9.79. The molecular weight excluding hydrogens is 278 g/mol. The van der Waals surface area contributed by atoms with Crippen LogP contribution in [0.25, 0.3) is 0 Å². The summed E-state index contributed by atoms with van der Waals surface area (Å²) in [7, 11) is 0. The Morgan fingerprint density at radius 2 is 2.26 bits per heavy atom. The van der Waals surface area contributed by atoms with Gasteiger partial charge in [-0.25, -0.2) is 0 Å². The van der Waals surface area contributed by atoms with E-state index in [9.17, 15) is 4.79 Å². The average Bonchev–Trinajstić information content (AvgIpc) is 3.03.